The largest absolute Gasteiger partial charge is 0.368 e. The van der Waals surface area contributed by atoms with Crippen LogP contribution in [0.25, 0.3) is 27.8 Å². The summed E-state index contributed by atoms with van der Waals surface area (Å²) in [6.07, 6.45) is 4.56. The second-order valence-electron chi connectivity index (χ2n) is 13.6. The molecule has 0 unspecified atom stereocenters. The molecule has 2 aliphatic rings. The van der Waals surface area contributed by atoms with Gasteiger partial charge in [0.15, 0.2) is 5.65 Å². The maximum absolute atomic E-state index is 14.5. The molecule has 11 heteroatoms. The first kappa shape index (κ1) is 32.7. The average molecular weight is 642 g/mol. The molecule has 10 nitrogen and oxygen atoms in total. The minimum Gasteiger partial charge on any atom is -0.368 e. The summed E-state index contributed by atoms with van der Waals surface area (Å²) in [7, 11) is 2.17. The molecule has 47 heavy (non-hydrogen) atoms. The summed E-state index contributed by atoms with van der Waals surface area (Å²) >= 11 is 0. The molecule has 3 N–H and O–H groups in total. The molecule has 2 aromatic heterocycles. The van der Waals surface area contributed by atoms with Crippen LogP contribution in [0.5, 0.6) is 0 Å². The van der Waals surface area contributed by atoms with Gasteiger partial charge in [0.25, 0.3) is 5.56 Å². The molecule has 1 amide bonds. The first-order valence-electron chi connectivity index (χ1n) is 16.5. The minimum atomic E-state index is -0.872. The molecule has 6 rings (SSSR count). The van der Waals surface area contributed by atoms with Crippen molar-refractivity contribution in [2.24, 2.45) is 5.73 Å². The van der Waals surface area contributed by atoms with Crippen molar-refractivity contribution in [2.75, 3.05) is 33.2 Å². The van der Waals surface area contributed by atoms with Gasteiger partial charge < -0.3 is 16.0 Å². The van der Waals surface area contributed by atoms with Crippen LogP contribution in [0.4, 0.5) is 4.39 Å². The fourth-order valence-electron chi connectivity index (χ4n) is 6.94. The number of hydrogen-bond donors (Lipinski definition) is 2. The fourth-order valence-corrected chi connectivity index (χ4v) is 6.94. The van der Waals surface area contributed by atoms with E-state index in [4.69, 9.17) is 5.73 Å². The van der Waals surface area contributed by atoms with E-state index in [1.807, 2.05) is 24.3 Å². The van der Waals surface area contributed by atoms with E-state index in [-0.39, 0.29) is 23.1 Å². The Kier molecular flexibility index (Phi) is 9.41. The highest BCUT2D eigenvalue weighted by atomic mass is 19.1. The third-order valence-corrected chi connectivity index (χ3v) is 9.74. The first-order chi connectivity index (χ1) is 22.5. The molecule has 1 saturated carbocycles. The number of halogens is 1. The summed E-state index contributed by atoms with van der Waals surface area (Å²) in [6, 6.07) is 16.9. The Bertz CT molecular complexity index is 1880. The van der Waals surface area contributed by atoms with Crippen LogP contribution in [0.2, 0.25) is 0 Å². The molecule has 3 heterocycles. The molecule has 2 fully saturated rings. The van der Waals surface area contributed by atoms with E-state index in [1.54, 1.807) is 13.8 Å². The van der Waals surface area contributed by atoms with Crippen molar-refractivity contribution in [1.29, 1.82) is 0 Å². The molecule has 4 aromatic rings. The number of benzene rings is 2. The third kappa shape index (κ3) is 7.07. The number of nitrogens with zero attached hydrogens (tertiary/aromatic N) is 5. The van der Waals surface area contributed by atoms with E-state index >= 15 is 0 Å². The van der Waals surface area contributed by atoms with Crippen molar-refractivity contribution < 1.29 is 9.18 Å². The van der Waals surface area contributed by atoms with Gasteiger partial charge in [0, 0.05) is 31.7 Å². The van der Waals surface area contributed by atoms with Crippen LogP contribution in [0.15, 0.2) is 70.4 Å². The van der Waals surface area contributed by atoms with Gasteiger partial charge in [-0.1, -0.05) is 36.4 Å². The highest BCUT2D eigenvalue weighted by molar-refractivity contribution is 5.83. The molecule has 248 valence electrons. The van der Waals surface area contributed by atoms with Gasteiger partial charge in [0.05, 0.1) is 22.8 Å². The molecule has 0 atom stereocenters. The van der Waals surface area contributed by atoms with Gasteiger partial charge >= 0.3 is 5.69 Å². The van der Waals surface area contributed by atoms with Crippen molar-refractivity contribution in [2.45, 2.75) is 70.1 Å². The number of nitrogens with two attached hydrogens (primary N) is 1. The summed E-state index contributed by atoms with van der Waals surface area (Å²) in [4.78, 5) is 48.9. The van der Waals surface area contributed by atoms with E-state index in [0.29, 0.717) is 31.4 Å². The zero-order valence-electron chi connectivity index (χ0n) is 27.4. The maximum Gasteiger partial charge on any atom is 0.337 e. The summed E-state index contributed by atoms with van der Waals surface area (Å²) in [5, 5.41) is 3.36. The number of fused-ring (bicyclic) bond motifs is 1. The monoisotopic (exact) mass is 641 g/mol. The highest BCUT2D eigenvalue weighted by Gasteiger charge is 2.32. The van der Waals surface area contributed by atoms with Gasteiger partial charge in [0.2, 0.25) is 5.91 Å². The van der Waals surface area contributed by atoms with Crippen LogP contribution in [0.3, 0.4) is 0 Å². The smallest absolute Gasteiger partial charge is 0.337 e. The first-order valence-corrected chi connectivity index (χ1v) is 16.5. The number of carbonyl (C=O) groups is 1. The number of pyridine rings is 1. The number of carbonyl (C=O) groups excluding carboxylic acids is 1. The average Bonchev–Trinajstić information content (AvgIpc) is 3.26. The molecule has 0 bridgehead atoms. The lowest BCUT2D eigenvalue weighted by molar-refractivity contribution is -0.123. The Balaban J connectivity index is 1.30. The van der Waals surface area contributed by atoms with Gasteiger partial charge in [-0.25, -0.2) is 18.7 Å². The normalized spacial score (nSPS) is 19.9. The second-order valence-corrected chi connectivity index (χ2v) is 13.6. The summed E-state index contributed by atoms with van der Waals surface area (Å²) in [6.45, 7) is 8.72. The summed E-state index contributed by atoms with van der Waals surface area (Å²) in [5.74, 6) is -1.09. The van der Waals surface area contributed by atoms with Gasteiger partial charge in [-0.05, 0) is 101 Å². The van der Waals surface area contributed by atoms with Crippen molar-refractivity contribution in [3.8, 4) is 16.8 Å². The Morgan fingerprint density at radius 2 is 1.72 bits per heavy atom. The van der Waals surface area contributed by atoms with Crippen LogP contribution in [0, 0.1) is 5.82 Å². The van der Waals surface area contributed by atoms with E-state index < -0.39 is 28.5 Å². The van der Waals surface area contributed by atoms with Crippen molar-refractivity contribution in [3.05, 3.63) is 93.0 Å². The lowest BCUT2D eigenvalue weighted by Gasteiger charge is -2.35. The van der Waals surface area contributed by atoms with Crippen molar-refractivity contribution >= 4 is 16.9 Å². The topological polar surface area (TPSA) is 118 Å². The molecule has 1 aliphatic heterocycles. The van der Waals surface area contributed by atoms with Crippen molar-refractivity contribution in [1.82, 2.24) is 29.2 Å². The SMILES string of the molecule is CN1CCCN(Cc2ccc(-c3cccc(-n4c(=O)n([C@H]5CC[C@@H](NC(C)(C)C(N)=O)CC5)c(=O)c5cc(F)cnc54)c3)cc2)CC1. The standard InChI is InChI=1S/C36H44FN7O3/c1-36(2,34(38)46)40-28-12-14-29(15-13-28)44-33(45)31-21-27(37)22-39-32(31)43(35(44)47)30-7-4-6-26(20-30)25-10-8-24(9-11-25)23-42-17-5-16-41(3)18-19-42/h4,6-11,20-22,28-29,40H,5,12-19,23H2,1-3H3,(H2,38,46)/t28-,29+. The second kappa shape index (κ2) is 13.5. The van der Waals surface area contributed by atoms with Crippen LogP contribution in [-0.4, -0.2) is 74.6 Å². The number of likely N-dealkylation sites (N-methyl/N-ethyl adjacent to an activating group) is 1. The lowest BCUT2D eigenvalue weighted by atomic mass is 9.89. The maximum atomic E-state index is 14.5. The molecule has 0 radical (unpaired) electrons. The molecule has 2 aromatic carbocycles. The number of hydrogen-bond acceptors (Lipinski definition) is 7. The predicted molar refractivity (Wildman–Crippen MR) is 182 cm³/mol. The molecular weight excluding hydrogens is 597 g/mol. The number of aromatic nitrogens is 3. The predicted octanol–water partition coefficient (Wildman–Crippen LogP) is 3.83. The Morgan fingerprint density at radius 3 is 2.45 bits per heavy atom. The lowest BCUT2D eigenvalue weighted by Crippen LogP contribution is -2.55. The van der Waals surface area contributed by atoms with Crippen molar-refractivity contribution in [3.63, 3.8) is 0 Å². The Hall–Kier alpha value is -4.19. The third-order valence-electron chi connectivity index (χ3n) is 9.74. The number of primary amides is 1. The number of rotatable bonds is 8. The van der Waals surface area contributed by atoms with Crippen LogP contribution >= 0.6 is 0 Å². The number of nitrogens with one attached hydrogen (secondary N) is 1. The fraction of sp³-hybridized carbons (Fsp3) is 0.444. The summed E-state index contributed by atoms with van der Waals surface area (Å²) < 4.78 is 17.1. The van der Waals surface area contributed by atoms with Gasteiger partial charge in [0.1, 0.15) is 5.82 Å². The number of amides is 1. The summed E-state index contributed by atoms with van der Waals surface area (Å²) in [5.41, 5.74) is 7.44. The van der Waals surface area contributed by atoms with Gasteiger partial charge in [-0.2, -0.15) is 0 Å². The molecular formula is C36H44FN7O3. The minimum absolute atomic E-state index is 0.0142. The van der Waals surface area contributed by atoms with Crippen LogP contribution in [0.1, 0.15) is 57.6 Å². The highest BCUT2D eigenvalue weighted by Crippen LogP contribution is 2.29. The van der Waals surface area contributed by atoms with Crippen LogP contribution < -0.4 is 22.3 Å². The van der Waals surface area contributed by atoms with Gasteiger partial charge in [-0.3, -0.25) is 19.1 Å². The van der Waals surface area contributed by atoms with E-state index in [0.717, 1.165) is 62.5 Å². The zero-order chi connectivity index (χ0) is 33.3. The zero-order valence-corrected chi connectivity index (χ0v) is 27.4. The Morgan fingerprint density at radius 1 is 0.979 bits per heavy atom. The van der Waals surface area contributed by atoms with Crippen LogP contribution in [-0.2, 0) is 11.3 Å². The van der Waals surface area contributed by atoms with E-state index in [2.05, 4.69) is 51.4 Å². The quantitative estimate of drug-likeness (QED) is 0.300. The van der Waals surface area contributed by atoms with E-state index in [9.17, 15) is 18.8 Å². The van der Waals surface area contributed by atoms with Gasteiger partial charge in [-0.15, -0.1) is 0 Å². The molecule has 0 spiro atoms. The molecule has 1 saturated heterocycles. The van der Waals surface area contributed by atoms with E-state index in [1.165, 1.54) is 14.7 Å². The Labute approximate surface area is 274 Å². The molecule has 1 aliphatic carbocycles.